The number of nitrogens with zero attached hydrogens (tertiary/aromatic N) is 3. The molecule has 3 aromatic carbocycles. The molecule has 0 unspecified atom stereocenters. The topological polar surface area (TPSA) is 33.1 Å². The Morgan fingerprint density at radius 1 is 0.905 bits per heavy atom. The molecule has 1 heterocycles. The van der Waals surface area contributed by atoms with E-state index in [-0.39, 0.29) is 18.2 Å². The smallest absolute Gasteiger partial charge is 0.353 e. The predicted octanol–water partition coefficient (Wildman–Crippen LogP) is 9.61. The van der Waals surface area contributed by atoms with Crippen LogP contribution >= 0.6 is 15.9 Å². The highest BCUT2D eigenvalue weighted by Crippen LogP contribution is 2.36. The molecule has 42 heavy (non-hydrogen) atoms. The van der Waals surface area contributed by atoms with E-state index in [2.05, 4.69) is 40.1 Å². The average molecular weight is 657 g/mol. The molecular formula is C30H28BrF7N4. The van der Waals surface area contributed by atoms with Gasteiger partial charge in [-0.05, 0) is 69.4 Å². The molecule has 0 radical (unpaired) electrons. The van der Waals surface area contributed by atoms with Crippen molar-refractivity contribution >= 4 is 27.3 Å². The van der Waals surface area contributed by atoms with Gasteiger partial charge in [0.15, 0.2) is 5.69 Å². The van der Waals surface area contributed by atoms with Crippen LogP contribution in [0.3, 0.4) is 0 Å². The van der Waals surface area contributed by atoms with Crippen molar-refractivity contribution in [1.29, 1.82) is 0 Å². The zero-order valence-corrected chi connectivity index (χ0v) is 24.3. The summed E-state index contributed by atoms with van der Waals surface area (Å²) >= 11 is 3.55. The largest absolute Gasteiger partial charge is 0.435 e. The fraction of sp³-hybridized carbons (Fsp3) is 0.300. The van der Waals surface area contributed by atoms with Gasteiger partial charge < -0.3 is 5.32 Å². The molecule has 0 amide bonds. The van der Waals surface area contributed by atoms with Gasteiger partial charge in [0.05, 0.1) is 29.2 Å². The molecule has 224 valence electrons. The summed E-state index contributed by atoms with van der Waals surface area (Å²) in [6.07, 6.45) is -9.59. The van der Waals surface area contributed by atoms with Crippen molar-refractivity contribution in [3.05, 3.63) is 106 Å². The molecule has 0 aliphatic carbocycles. The summed E-state index contributed by atoms with van der Waals surface area (Å²) in [5.41, 5.74) is 1.48. The Hall–Kier alpha value is -3.38. The quantitative estimate of drug-likeness (QED) is 0.173. The van der Waals surface area contributed by atoms with E-state index in [9.17, 15) is 30.7 Å². The lowest BCUT2D eigenvalue weighted by atomic mass is 10.0. The Morgan fingerprint density at radius 3 is 2.21 bits per heavy atom. The number of rotatable bonds is 10. The van der Waals surface area contributed by atoms with Crippen LogP contribution in [0.1, 0.15) is 48.7 Å². The molecule has 4 nitrogen and oxygen atoms in total. The molecule has 0 atom stereocenters. The molecule has 4 rings (SSSR count). The SMILES string of the molecule is CC(C)c1ccc(Nc2ccccc2-n2cnc(C(F)(F)F)c2CN(CCC(F)(F)F)Cc2ccc(F)cc2)c(Br)c1. The lowest BCUT2D eigenvalue weighted by Crippen LogP contribution is -2.29. The highest BCUT2D eigenvalue weighted by molar-refractivity contribution is 9.10. The number of para-hydroxylation sites is 2. The zero-order chi connectivity index (χ0) is 30.7. The van der Waals surface area contributed by atoms with E-state index in [1.807, 2.05) is 18.2 Å². The molecule has 0 bridgehead atoms. The van der Waals surface area contributed by atoms with Gasteiger partial charge in [-0.3, -0.25) is 9.47 Å². The number of alkyl halides is 6. The van der Waals surface area contributed by atoms with E-state index in [1.54, 1.807) is 24.3 Å². The average Bonchev–Trinajstić information content (AvgIpc) is 3.33. The van der Waals surface area contributed by atoms with Crippen molar-refractivity contribution in [2.24, 2.45) is 0 Å². The lowest BCUT2D eigenvalue weighted by Gasteiger charge is -2.25. The number of nitrogens with one attached hydrogen (secondary N) is 1. The standard InChI is InChI=1S/C30H28BrF7N4/c1-19(2)21-9-12-24(23(31)15-21)40-25-5-3-4-6-26(25)42-18-39-28(30(36,37)38)27(42)17-41(14-13-29(33,34)35)16-20-7-10-22(32)11-8-20/h3-12,15,18-19,40H,13-14,16-17H2,1-2H3. The third-order valence-electron chi connectivity index (χ3n) is 6.63. The fourth-order valence-electron chi connectivity index (χ4n) is 4.45. The first kappa shape index (κ1) is 31.6. The summed E-state index contributed by atoms with van der Waals surface area (Å²) in [5.74, 6) is -0.250. The van der Waals surface area contributed by atoms with Crippen molar-refractivity contribution in [3.8, 4) is 5.69 Å². The van der Waals surface area contributed by atoms with Crippen LogP contribution in [0.4, 0.5) is 42.1 Å². The molecule has 0 fully saturated rings. The van der Waals surface area contributed by atoms with Crippen LogP contribution in [0.2, 0.25) is 0 Å². The summed E-state index contributed by atoms with van der Waals surface area (Å²) in [5, 5.41) is 3.25. The minimum Gasteiger partial charge on any atom is -0.353 e. The molecule has 0 saturated heterocycles. The zero-order valence-electron chi connectivity index (χ0n) is 22.7. The first-order valence-electron chi connectivity index (χ1n) is 13.0. The second kappa shape index (κ2) is 12.9. The Labute approximate surface area is 247 Å². The highest BCUT2D eigenvalue weighted by atomic mass is 79.9. The minimum absolute atomic E-state index is 0.131. The Kier molecular flexibility index (Phi) is 9.67. The third-order valence-corrected chi connectivity index (χ3v) is 7.29. The third kappa shape index (κ3) is 8.13. The molecule has 4 aromatic rings. The molecule has 0 aliphatic heterocycles. The van der Waals surface area contributed by atoms with Crippen LogP contribution in [-0.4, -0.2) is 27.2 Å². The van der Waals surface area contributed by atoms with Gasteiger partial charge in [0.2, 0.25) is 0 Å². The van der Waals surface area contributed by atoms with E-state index < -0.39 is 43.4 Å². The molecule has 12 heteroatoms. The maximum Gasteiger partial charge on any atom is 0.435 e. The van der Waals surface area contributed by atoms with E-state index in [4.69, 9.17) is 0 Å². The van der Waals surface area contributed by atoms with Crippen LogP contribution in [-0.2, 0) is 19.3 Å². The van der Waals surface area contributed by atoms with Gasteiger partial charge in [0.1, 0.15) is 12.1 Å². The molecule has 0 spiro atoms. The second-order valence-electron chi connectivity index (χ2n) is 10.1. The second-order valence-corrected chi connectivity index (χ2v) is 11.0. The molecule has 1 aromatic heterocycles. The van der Waals surface area contributed by atoms with Crippen molar-refractivity contribution in [2.75, 3.05) is 11.9 Å². The number of anilines is 2. The number of benzene rings is 3. The molecule has 0 aliphatic rings. The van der Waals surface area contributed by atoms with Gasteiger partial charge >= 0.3 is 12.4 Å². The number of halogens is 8. The summed E-state index contributed by atoms with van der Waals surface area (Å²) in [6, 6.07) is 17.5. The maximum absolute atomic E-state index is 14.1. The van der Waals surface area contributed by atoms with Gasteiger partial charge in [-0.25, -0.2) is 9.37 Å². The number of aromatic nitrogens is 2. The predicted molar refractivity (Wildman–Crippen MR) is 151 cm³/mol. The van der Waals surface area contributed by atoms with Crippen molar-refractivity contribution in [2.45, 2.75) is 51.6 Å². The van der Waals surface area contributed by atoms with E-state index in [0.717, 1.165) is 28.5 Å². The first-order chi connectivity index (χ1) is 19.7. The summed E-state index contributed by atoms with van der Waals surface area (Å²) < 4.78 is 97.4. The monoisotopic (exact) mass is 656 g/mol. The van der Waals surface area contributed by atoms with E-state index >= 15 is 0 Å². The normalized spacial score (nSPS) is 12.4. The highest BCUT2D eigenvalue weighted by Gasteiger charge is 2.38. The summed E-state index contributed by atoms with van der Waals surface area (Å²) in [6.45, 7) is 2.91. The number of hydrogen-bond acceptors (Lipinski definition) is 3. The Bertz CT molecular complexity index is 1500. The maximum atomic E-state index is 14.1. The van der Waals surface area contributed by atoms with Gasteiger partial charge in [-0.15, -0.1) is 0 Å². The van der Waals surface area contributed by atoms with Crippen LogP contribution in [0.25, 0.3) is 5.69 Å². The summed E-state index contributed by atoms with van der Waals surface area (Å²) in [4.78, 5) is 4.89. The van der Waals surface area contributed by atoms with Crippen LogP contribution < -0.4 is 5.32 Å². The molecule has 0 saturated carbocycles. The Balaban J connectivity index is 1.74. The lowest BCUT2D eigenvalue weighted by molar-refractivity contribution is -0.143. The van der Waals surface area contributed by atoms with Crippen LogP contribution in [0.5, 0.6) is 0 Å². The number of hydrogen-bond donors (Lipinski definition) is 1. The van der Waals surface area contributed by atoms with Gasteiger partial charge in [0, 0.05) is 24.1 Å². The van der Waals surface area contributed by atoms with Gasteiger partial charge in [-0.1, -0.05) is 44.2 Å². The van der Waals surface area contributed by atoms with E-state index in [1.165, 1.54) is 21.6 Å². The summed E-state index contributed by atoms with van der Waals surface area (Å²) in [7, 11) is 0. The van der Waals surface area contributed by atoms with Crippen LogP contribution in [0, 0.1) is 5.82 Å². The van der Waals surface area contributed by atoms with Crippen LogP contribution in [0.15, 0.2) is 77.5 Å². The number of imidazole rings is 1. The Morgan fingerprint density at radius 2 is 1.60 bits per heavy atom. The molecular weight excluding hydrogens is 629 g/mol. The minimum atomic E-state index is -4.86. The van der Waals surface area contributed by atoms with Crippen molar-refractivity contribution < 1.29 is 30.7 Å². The van der Waals surface area contributed by atoms with E-state index in [0.29, 0.717) is 22.6 Å². The molecule has 1 N–H and O–H groups in total. The fourth-order valence-corrected chi connectivity index (χ4v) is 4.95. The van der Waals surface area contributed by atoms with Gasteiger partial charge in [0.25, 0.3) is 0 Å². The van der Waals surface area contributed by atoms with Crippen molar-refractivity contribution in [1.82, 2.24) is 14.5 Å². The first-order valence-corrected chi connectivity index (χ1v) is 13.8. The van der Waals surface area contributed by atoms with Crippen molar-refractivity contribution in [3.63, 3.8) is 0 Å². The van der Waals surface area contributed by atoms with Gasteiger partial charge in [-0.2, -0.15) is 26.3 Å².